The summed E-state index contributed by atoms with van der Waals surface area (Å²) in [7, 11) is 0. The highest BCUT2D eigenvalue weighted by atomic mass is 35.5. The topological polar surface area (TPSA) is 29.9 Å². The smallest absolute Gasteiger partial charge is 0.110 e. The fourth-order valence-electron chi connectivity index (χ4n) is 2.44. The van der Waals surface area contributed by atoms with E-state index in [-0.39, 0.29) is 6.04 Å². The molecule has 0 radical (unpaired) electrons. The minimum absolute atomic E-state index is 0.183. The maximum atomic E-state index is 6.14. The zero-order chi connectivity index (χ0) is 15.2. The summed E-state index contributed by atoms with van der Waals surface area (Å²) in [5.74, 6) is 1.09. The third kappa shape index (κ3) is 4.22. The predicted octanol–water partition coefficient (Wildman–Crippen LogP) is 4.49. The Kier molecular flexibility index (Phi) is 6.09. The van der Waals surface area contributed by atoms with Gasteiger partial charge in [0.25, 0.3) is 0 Å². The SMILES string of the molecule is CCCn1ccnc1CC(NCC)c1ccc(Cl)c(Cl)c1. The fourth-order valence-corrected chi connectivity index (χ4v) is 2.75. The average molecular weight is 326 g/mol. The molecule has 1 heterocycles. The molecule has 0 aliphatic heterocycles. The van der Waals surface area contributed by atoms with E-state index >= 15 is 0 Å². The molecule has 5 heteroatoms. The second kappa shape index (κ2) is 7.83. The fraction of sp³-hybridized carbons (Fsp3) is 0.438. The summed E-state index contributed by atoms with van der Waals surface area (Å²) in [4.78, 5) is 4.49. The molecule has 21 heavy (non-hydrogen) atoms. The molecule has 0 fully saturated rings. The molecule has 0 amide bonds. The summed E-state index contributed by atoms with van der Waals surface area (Å²) >= 11 is 12.1. The zero-order valence-corrected chi connectivity index (χ0v) is 14.0. The number of imidazole rings is 1. The molecule has 2 rings (SSSR count). The molecule has 114 valence electrons. The lowest BCUT2D eigenvalue weighted by molar-refractivity contribution is 0.516. The molecule has 0 aliphatic rings. The van der Waals surface area contributed by atoms with Crippen molar-refractivity contribution in [1.29, 1.82) is 0 Å². The molecular weight excluding hydrogens is 305 g/mol. The number of nitrogens with zero attached hydrogens (tertiary/aromatic N) is 2. The van der Waals surface area contributed by atoms with E-state index in [1.807, 2.05) is 30.6 Å². The minimum Gasteiger partial charge on any atom is -0.335 e. The van der Waals surface area contributed by atoms with Crippen LogP contribution < -0.4 is 5.32 Å². The summed E-state index contributed by atoms with van der Waals surface area (Å²) in [6, 6.07) is 5.99. The average Bonchev–Trinajstić information content (AvgIpc) is 2.89. The number of benzene rings is 1. The van der Waals surface area contributed by atoms with Crippen molar-refractivity contribution in [2.75, 3.05) is 6.54 Å². The predicted molar refractivity (Wildman–Crippen MR) is 89.1 cm³/mol. The van der Waals surface area contributed by atoms with Gasteiger partial charge in [-0.3, -0.25) is 0 Å². The van der Waals surface area contributed by atoms with Crippen LogP contribution in [0, 0.1) is 0 Å². The van der Waals surface area contributed by atoms with Crippen LogP contribution in [-0.2, 0) is 13.0 Å². The number of aromatic nitrogens is 2. The van der Waals surface area contributed by atoms with Crippen LogP contribution in [0.15, 0.2) is 30.6 Å². The Hall–Kier alpha value is -1.03. The quantitative estimate of drug-likeness (QED) is 0.812. The second-order valence-corrected chi connectivity index (χ2v) is 5.84. The first-order chi connectivity index (χ1) is 10.2. The molecule has 3 nitrogen and oxygen atoms in total. The van der Waals surface area contributed by atoms with Gasteiger partial charge in [0.15, 0.2) is 0 Å². The molecule has 1 N–H and O–H groups in total. The molecule has 0 saturated carbocycles. The third-order valence-electron chi connectivity index (χ3n) is 3.45. The van der Waals surface area contributed by atoms with Crippen molar-refractivity contribution in [2.24, 2.45) is 0 Å². The molecule has 0 bridgehead atoms. The summed E-state index contributed by atoms with van der Waals surface area (Å²) < 4.78 is 2.21. The Labute approximate surface area is 136 Å². The van der Waals surface area contributed by atoms with E-state index in [1.165, 1.54) is 0 Å². The van der Waals surface area contributed by atoms with Crippen LogP contribution in [0.5, 0.6) is 0 Å². The molecule has 0 spiro atoms. The van der Waals surface area contributed by atoms with Gasteiger partial charge in [-0.05, 0) is 30.7 Å². The van der Waals surface area contributed by atoms with Gasteiger partial charge < -0.3 is 9.88 Å². The summed E-state index contributed by atoms with van der Waals surface area (Å²) in [6.45, 7) is 6.16. The molecule has 1 atom stereocenters. The van der Waals surface area contributed by atoms with Crippen molar-refractivity contribution in [3.05, 3.63) is 52.0 Å². The Morgan fingerprint density at radius 1 is 1.24 bits per heavy atom. The molecule has 1 unspecified atom stereocenters. The largest absolute Gasteiger partial charge is 0.335 e. The molecular formula is C16H21Cl2N3. The molecule has 0 saturated heterocycles. The van der Waals surface area contributed by atoms with Gasteiger partial charge in [-0.15, -0.1) is 0 Å². The Balaban J connectivity index is 2.22. The van der Waals surface area contributed by atoms with Gasteiger partial charge in [-0.2, -0.15) is 0 Å². The zero-order valence-electron chi connectivity index (χ0n) is 12.4. The van der Waals surface area contributed by atoms with Crippen LogP contribution in [0.1, 0.15) is 37.7 Å². The van der Waals surface area contributed by atoms with Crippen LogP contribution in [0.4, 0.5) is 0 Å². The van der Waals surface area contributed by atoms with Crippen molar-refractivity contribution in [2.45, 2.75) is 39.3 Å². The van der Waals surface area contributed by atoms with Gasteiger partial charge >= 0.3 is 0 Å². The number of hydrogen-bond acceptors (Lipinski definition) is 2. The standard InChI is InChI=1S/C16H21Cl2N3/c1-3-8-21-9-7-20-16(21)11-15(19-4-2)12-5-6-13(17)14(18)10-12/h5-7,9-10,15,19H,3-4,8,11H2,1-2H3. The number of rotatable bonds is 7. The Morgan fingerprint density at radius 3 is 2.71 bits per heavy atom. The van der Waals surface area contributed by atoms with E-state index in [1.54, 1.807) is 0 Å². The van der Waals surface area contributed by atoms with Gasteiger partial charge in [0.1, 0.15) is 5.82 Å². The van der Waals surface area contributed by atoms with Crippen molar-refractivity contribution in [1.82, 2.24) is 14.9 Å². The molecule has 1 aromatic heterocycles. The lowest BCUT2D eigenvalue weighted by Gasteiger charge is -2.19. The van der Waals surface area contributed by atoms with Crippen molar-refractivity contribution >= 4 is 23.2 Å². The number of aryl methyl sites for hydroxylation is 1. The van der Waals surface area contributed by atoms with Crippen LogP contribution >= 0.6 is 23.2 Å². The minimum atomic E-state index is 0.183. The number of hydrogen-bond donors (Lipinski definition) is 1. The van der Waals surface area contributed by atoms with Crippen molar-refractivity contribution in [3.8, 4) is 0 Å². The monoisotopic (exact) mass is 325 g/mol. The summed E-state index contributed by atoms with van der Waals surface area (Å²) in [5.41, 5.74) is 1.14. The first-order valence-electron chi connectivity index (χ1n) is 7.34. The number of nitrogens with one attached hydrogen (secondary N) is 1. The number of likely N-dealkylation sites (N-methyl/N-ethyl adjacent to an activating group) is 1. The van der Waals surface area contributed by atoms with E-state index in [0.29, 0.717) is 10.0 Å². The summed E-state index contributed by atoms with van der Waals surface area (Å²) in [5, 5.41) is 4.68. The van der Waals surface area contributed by atoms with E-state index in [4.69, 9.17) is 23.2 Å². The lowest BCUT2D eigenvalue weighted by atomic mass is 10.0. The first-order valence-corrected chi connectivity index (χ1v) is 8.09. The van der Waals surface area contributed by atoms with Gasteiger partial charge in [0, 0.05) is 31.4 Å². The van der Waals surface area contributed by atoms with Gasteiger partial charge in [-0.25, -0.2) is 4.98 Å². The van der Waals surface area contributed by atoms with Gasteiger partial charge in [0.05, 0.1) is 10.0 Å². The first kappa shape index (κ1) is 16.3. The van der Waals surface area contributed by atoms with E-state index in [0.717, 1.165) is 37.3 Å². The molecule has 2 aromatic rings. The maximum absolute atomic E-state index is 6.14. The van der Waals surface area contributed by atoms with Crippen LogP contribution in [0.3, 0.4) is 0 Å². The van der Waals surface area contributed by atoms with Crippen molar-refractivity contribution in [3.63, 3.8) is 0 Å². The highest BCUT2D eigenvalue weighted by molar-refractivity contribution is 6.42. The molecule has 1 aromatic carbocycles. The van der Waals surface area contributed by atoms with Crippen LogP contribution in [0.2, 0.25) is 10.0 Å². The number of halogens is 2. The van der Waals surface area contributed by atoms with E-state index < -0.39 is 0 Å². The van der Waals surface area contributed by atoms with E-state index in [9.17, 15) is 0 Å². The highest BCUT2D eigenvalue weighted by Gasteiger charge is 2.15. The Bertz CT molecular complexity index is 581. The highest BCUT2D eigenvalue weighted by Crippen LogP contribution is 2.27. The normalized spacial score (nSPS) is 12.6. The third-order valence-corrected chi connectivity index (χ3v) is 4.19. The van der Waals surface area contributed by atoms with Crippen LogP contribution in [0.25, 0.3) is 0 Å². The van der Waals surface area contributed by atoms with Gasteiger partial charge in [0.2, 0.25) is 0 Å². The van der Waals surface area contributed by atoms with Gasteiger partial charge in [-0.1, -0.05) is 43.1 Å². The van der Waals surface area contributed by atoms with Crippen LogP contribution in [-0.4, -0.2) is 16.1 Å². The lowest BCUT2D eigenvalue weighted by Crippen LogP contribution is -2.24. The van der Waals surface area contributed by atoms with Crippen molar-refractivity contribution < 1.29 is 0 Å². The summed E-state index contributed by atoms with van der Waals surface area (Å²) in [6.07, 6.45) is 5.83. The molecule has 0 aliphatic carbocycles. The Morgan fingerprint density at radius 2 is 2.05 bits per heavy atom. The van der Waals surface area contributed by atoms with E-state index in [2.05, 4.69) is 28.7 Å². The maximum Gasteiger partial charge on any atom is 0.110 e. The second-order valence-electron chi connectivity index (χ2n) is 5.02.